The largest absolute Gasteiger partial charge is 0.480 e. The standard InChI is InChI=1S/C12H21NO3S/c1-3-4-5-6-7-11(14)13-9(2)17-8-10(13)12(15)16/h9-10H,3-8H2,1-2H3,(H,15,16). The van der Waals surface area contributed by atoms with E-state index in [0.29, 0.717) is 12.2 Å². The van der Waals surface area contributed by atoms with Gasteiger partial charge >= 0.3 is 5.97 Å². The first-order chi connectivity index (χ1) is 8.07. The van der Waals surface area contributed by atoms with Crippen LogP contribution in [-0.2, 0) is 9.59 Å². The minimum atomic E-state index is -0.885. The predicted octanol–water partition coefficient (Wildman–Crippen LogP) is 2.33. The Morgan fingerprint density at radius 2 is 2.06 bits per heavy atom. The first kappa shape index (κ1) is 14.4. The fourth-order valence-corrected chi connectivity index (χ4v) is 3.23. The van der Waals surface area contributed by atoms with Gasteiger partial charge in [-0.2, -0.15) is 0 Å². The van der Waals surface area contributed by atoms with Crippen molar-refractivity contribution in [2.45, 2.75) is 57.4 Å². The van der Waals surface area contributed by atoms with E-state index < -0.39 is 12.0 Å². The van der Waals surface area contributed by atoms with Crippen LogP contribution in [0.4, 0.5) is 0 Å². The van der Waals surface area contributed by atoms with E-state index in [4.69, 9.17) is 5.11 Å². The van der Waals surface area contributed by atoms with E-state index in [-0.39, 0.29) is 11.3 Å². The molecule has 5 heteroatoms. The molecule has 4 nitrogen and oxygen atoms in total. The minimum Gasteiger partial charge on any atom is -0.480 e. The van der Waals surface area contributed by atoms with Crippen LogP contribution >= 0.6 is 11.8 Å². The molecular weight excluding hydrogens is 238 g/mol. The van der Waals surface area contributed by atoms with Crippen LogP contribution in [0, 0.1) is 0 Å². The van der Waals surface area contributed by atoms with Crippen LogP contribution in [0.5, 0.6) is 0 Å². The van der Waals surface area contributed by atoms with Crippen LogP contribution in [0.2, 0.25) is 0 Å². The van der Waals surface area contributed by atoms with Crippen LogP contribution in [0.1, 0.15) is 46.0 Å². The lowest BCUT2D eigenvalue weighted by Crippen LogP contribution is -2.44. The van der Waals surface area contributed by atoms with Gasteiger partial charge in [-0.25, -0.2) is 4.79 Å². The summed E-state index contributed by atoms with van der Waals surface area (Å²) in [5.74, 6) is -0.383. The van der Waals surface area contributed by atoms with Crippen LogP contribution in [0.15, 0.2) is 0 Å². The molecule has 1 N–H and O–H groups in total. The maximum absolute atomic E-state index is 12.0. The van der Waals surface area contributed by atoms with Crippen LogP contribution in [-0.4, -0.2) is 39.1 Å². The molecular formula is C12H21NO3S. The number of unbranched alkanes of at least 4 members (excludes halogenated alkanes) is 3. The van der Waals surface area contributed by atoms with Crippen molar-refractivity contribution in [3.05, 3.63) is 0 Å². The van der Waals surface area contributed by atoms with Crippen molar-refractivity contribution in [3.63, 3.8) is 0 Å². The van der Waals surface area contributed by atoms with Crippen molar-refractivity contribution < 1.29 is 14.7 Å². The summed E-state index contributed by atoms with van der Waals surface area (Å²) in [6, 6.07) is -0.631. The number of amides is 1. The van der Waals surface area contributed by atoms with Crippen molar-refractivity contribution in [3.8, 4) is 0 Å². The molecule has 1 aliphatic rings. The monoisotopic (exact) mass is 259 g/mol. The highest BCUT2D eigenvalue weighted by Crippen LogP contribution is 2.29. The highest BCUT2D eigenvalue weighted by molar-refractivity contribution is 8.00. The number of hydrogen-bond donors (Lipinski definition) is 1. The van der Waals surface area contributed by atoms with E-state index in [2.05, 4.69) is 6.92 Å². The third kappa shape index (κ3) is 3.91. The maximum Gasteiger partial charge on any atom is 0.327 e. The lowest BCUT2D eigenvalue weighted by atomic mass is 10.1. The molecule has 0 aliphatic carbocycles. The molecule has 1 heterocycles. The van der Waals surface area contributed by atoms with Gasteiger partial charge in [-0.1, -0.05) is 26.2 Å². The van der Waals surface area contributed by atoms with Crippen molar-refractivity contribution in [2.24, 2.45) is 0 Å². The first-order valence-electron chi connectivity index (χ1n) is 6.23. The zero-order valence-corrected chi connectivity index (χ0v) is 11.3. The highest BCUT2D eigenvalue weighted by atomic mass is 32.2. The lowest BCUT2D eigenvalue weighted by molar-refractivity contribution is -0.148. The Bertz CT molecular complexity index is 283. The van der Waals surface area contributed by atoms with Gasteiger partial charge in [-0.3, -0.25) is 4.79 Å². The predicted molar refractivity (Wildman–Crippen MR) is 68.9 cm³/mol. The number of aliphatic carboxylic acids is 1. The average molecular weight is 259 g/mol. The number of rotatable bonds is 6. The van der Waals surface area contributed by atoms with Crippen LogP contribution in [0.3, 0.4) is 0 Å². The zero-order valence-electron chi connectivity index (χ0n) is 10.5. The van der Waals surface area contributed by atoms with Gasteiger partial charge in [-0.05, 0) is 13.3 Å². The smallest absolute Gasteiger partial charge is 0.327 e. The molecule has 0 radical (unpaired) electrons. The quantitative estimate of drug-likeness (QED) is 0.744. The number of carboxylic acid groups (broad SMARTS) is 1. The maximum atomic E-state index is 12.0. The number of nitrogens with zero attached hydrogens (tertiary/aromatic N) is 1. The second kappa shape index (κ2) is 6.89. The minimum absolute atomic E-state index is 0.00484. The van der Waals surface area contributed by atoms with Crippen molar-refractivity contribution in [2.75, 3.05) is 5.75 Å². The van der Waals surface area contributed by atoms with E-state index in [1.807, 2.05) is 6.92 Å². The third-order valence-electron chi connectivity index (χ3n) is 3.04. The van der Waals surface area contributed by atoms with Gasteiger partial charge in [0.2, 0.25) is 5.91 Å². The molecule has 2 atom stereocenters. The van der Waals surface area contributed by atoms with E-state index in [9.17, 15) is 9.59 Å². The first-order valence-corrected chi connectivity index (χ1v) is 7.28. The number of carboxylic acids is 1. The molecule has 2 unspecified atom stereocenters. The summed E-state index contributed by atoms with van der Waals surface area (Å²) < 4.78 is 0. The summed E-state index contributed by atoms with van der Waals surface area (Å²) in [6.07, 6.45) is 4.68. The summed E-state index contributed by atoms with van der Waals surface area (Å²) in [7, 11) is 0. The fraction of sp³-hybridized carbons (Fsp3) is 0.833. The Labute approximate surface area is 107 Å². The summed E-state index contributed by atoms with van der Waals surface area (Å²) >= 11 is 1.54. The van der Waals surface area contributed by atoms with Gasteiger partial charge in [0.05, 0.1) is 5.37 Å². The molecule has 0 aromatic rings. The summed E-state index contributed by atoms with van der Waals surface area (Å²) in [5, 5.41) is 9.05. The highest BCUT2D eigenvalue weighted by Gasteiger charge is 2.38. The Balaban J connectivity index is 2.45. The molecule has 1 saturated heterocycles. The SMILES string of the molecule is CCCCCCC(=O)N1C(C)SCC1C(=O)O. The summed E-state index contributed by atoms with van der Waals surface area (Å²) in [6.45, 7) is 4.03. The van der Waals surface area contributed by atoms with Crippen LogP contribution < -0.4 is 0 Å². The normalized spacial score (nSPS) is 24.0. The summed E-state index contributed by atoms with van der Waals surface area (Å²) in [5.41, 5.74) is 0. The van der Waals surface area contributed by atoms with E-state index >= 15 is 0 Å². The van der Waals surface area contributed by atoms with Gasteiger partial charge < -0.3 is 10.0 Å². The van der Waals surface area contributed by atoms with Gasteiger partial charge in [0.25, 0.3) is 0 Å². The van der Waals surface area contributed by atoms with E-state index in [1.54, 1.807) is 4.90 Å². The average Bonchev–Trinajstić information content (AvgIpc) is 2.66. The molecule has 0 aromatic carbocycles. The number of carbonyl (C=O) groups excluding carboxylic acids is 1. The Kier molecular flexibility index (Phi) is 5.82. The van der Waals surface area contributed by atoms with Gasteiger partial charge in [0.15, 0.2) is 0 Å². The topological polar surface area (TPSA) is 57.6 Å². The Morgan fingerprint density at radius 1 is 1.35 bits per heavy atom. The molecule has 1 amide bonds. The molecule has 1 aliphatic heterocycles. The molecule has 0 saturated carbocycles. The number of thioether (sulfide) groups is 1. The Morgan fingerprint density at radius 3 is 2.65 bits per heavy atom. The number of carbonyl (C=O) groups is 2. The molecule has 98 valence electrons. The second-order valence-corrected chi connectivity index (χ2v) is 5.75. The molecule has 1 rings (SSSR count). The molecule has 1 fully saturated rings. The molecule has 0 aromatic heterocycles. The van der Waals surface area contributed by atoms with Crippen molar-refractivity contribution in [1.29, 1.82) is 0 Å². The van der Waals surface area contributed by atoms with Gasteiger partial charge in [0.1, 0.15) is 6.04 Å². The van der Waals surface area contributed by atoms with Gasteiger partial charge in [0, 0.05) is 12.2 Å². The van der Waals surface area contributed by atoms with Crippen molar-refractivity contribution in [1.82, 2.24) is 4.90 Å². The fourth-order valence-electron chi connectivity index (χ4n) is 2.04. The van der Waals surface area contributed by atoms with Crippen molar-refractivity contribution >= 4 is 23.6 Å². The zero-order chi connectivity index (χ0) is 12.8. The molecule has 17 heavy (non-hydrogen) atoms. The third-order valence-corrected chi connectivity index (χ3v) is 4.26. The van der Waals surface area contributed by atoms with E-state index in [1.165, 1.54) is 11.8 Å². The summed E-state index contributed by atoms with van der Waals surface area (Å²) in [4.78, 5) is 24.6. The Hall–Kier alpha value is -0.710. The van der Waals surface area contributed by atoms with Crippen LogP contribution in [0.25, 0.3) is 0 Å². The van der Waals surface area contributed by atoms with E-state index in [0.717, 1.165) is 25.7 Å². The van der Waals surface area contributed by atoms with Gasteiger partial charge in [-0.15, -0.1) is 11.8 Å². The molecule has 0 spiro atoms. The molecule has 0 bridgehead atoms. The second-order valence-electron chi connectivity index (χ2n) is 4.40. The number of hydrogen-bond acceptors (Lipinski definition) is 3. The lowest BCUT2D eigenvalue weighted by Gasteiger charge is -2.25.